The number of aromatic nitrogens is 3. The summed E-state index contributed by atoms with van der Waals surface area (Å²) in [5.74, 6) is 0.738. The van der Waals surface area contributed by atoms with Crippen molar-refractivity contribution in [3.8, 4) is 17.1 Å². The van der Waals surface area contributed by atoms with Crippen LogP contribution in [0.1, 0.15) is 19.5 Å². The molecule has 0 aliphatic heterocycles. The molecule has 7 nitrogen and oxygen atoms in total. The number of carbonyl (C=O) groups excluding carboxylic acids is 1. The number of ether oxygens (including phenoxy) is 2. The third kappa shape index (κ3) is 4.57. The molecule has 1 N–H and O–H groups in total. The molecule has 0 radical (unpaired) electrons. The van der Waals surface area contributed by atoms with E-state index in [1.807, 2.05) is 44.2 Å². The van der Waals surface area contributed by atoms with Crippen molar-refractivity contribution in [1.29, 1.82) is 0 Å². The highest BCUT2D eigenvalue weighted by molar-refractivity contribution is 9.10. The number of halogens is 1. The zero-order valence-corrected chi connectivity index (χ0v) is 17.0. The highest BCUT2D eigenvalue weighted by atomic mass is 79.9. The van der Waals surface area contributed by atoms with E-state index >= 15 is 0 Å². The number of carbonyl (C=O) groups is 1. The molecule has 2 heterocycles. The number of fused-ring (bicyclic) bond motifs is 1. The normalized spacial score (nSPS) is 11.0. The molecule has 0 unspecified atom stereocenters. The van der Waals surface area contributed by atoms with Gasteiger partial charge in [-0.2, -0.15) is 0 Å². The number of rotatable bonds is 6. The molecule has 8 heteroatoms. The van der Waals surface area contributed by atoms with Crippen LogP contribution < -0.4 is 10.1 Å². The first-order valence-electron chi connectivity index (χ1n) is 8.57. The number of amides is 1. The number of nitrogens with one attached hydrogen (secondary N) is 1. The quantitative estimate of drug-likeness (QED) is 0.635. The Bertz CT molecular complexity index is 938. The predicted molar refractivity (Wildman–Crippen MR) is 106 cm³/mol. The van der Waals surface area contributed by atoms with Crippen LogP contribution in [0.25, 0.3) is 16.9 Å². The number of methoxy groups -OCH3 is 1. The Labute approximate surface area is 165 Å². The van der Waals surface area contributed by atoms with Crippen LogP contribution in [0.5, 0.6) is 5.88 Å². The molecule has 1 amide bonds. The summed E-state index contributed by atoms with van der Waals surface area (Å²) in [5, 5.41) is 7.22. The average molecular weight is 433 g/mol. The van der Waals surface area contributed by atoms with Crippen molar-refractivity contribution in [2.24, 2.45) is 5.92 Å². The van der Waals surface area contributed by atoms with Gasteiger partial charge in [-0.1, -0.05) is 41.9 Å². The molecule has 0 saturated carbocycles. The van der Waals surface area contributed by atoms with Crippen LogP contribution in [0, 0.1) is 5.92 Å². The van der Waals surface area contributed by atoms with Crippen LogP contribution in [-0.2, 0) is 11.3 Å². The van der Waals surface area contributed by atoms with Gasteiger partial charge in [-0.15, -0.1) is 5.10 Å². The van der Waals surface area contributed by atoms with Crippen molar-refractivity contribution < 1.29 is 14.3 Å². The van der Waals surface area contributed by atoms with Gasteiger partial charge in [0.1, 0.15) is 0 Å². The Kier molecular flexibility index (Phi) is 5.95. The number of imidazole rings is 1. The minimum atomic E-state index is -0.469. The van der Waals surface area contributed by atoms with E-state index in [0.29, 0.717) is 18.1 Å². The van der Waals surface area contributed by atoms with Gasteiger partial charge < -0.3 is 14.8 Å². The molecular weight excluding hydrogens is 412 g/mol. The summed E-state index contributed by atoms with van der Waals surface area (Å²) in [6.07, 6.45) is -0.469. The lowest BCUT2D eigenvalue weighted by molar-refractivity contribution is 0.132. The summed E-state index contributed by atoms with van der Waals surface area (Å²) in [4.78, 5) is 16.7. The van der Waals surface area contributed by atoms with Gasteiger partial charge in [0.05, 0.1) is 31.6 Å². The third-order valence-electron chi connectivity index (χ3n) is 3.82. The van der Waals surface area contributed by atoms with Crippen molar-refractivity contribution in [3.05, 3.63) is 46.6 Å². The number of nitrogens with zero attached hydrogens (tertiary/aromatic N) is 3. The van der Waals surface area contributed by atoms with Gasteiger partial charge in [0.15, 0.2) is 5.65 Å². The summed E-state index contributed by atoms with van der Waals surface area (Å²) in [6.45, 7) is 4.56. The maximum atomic E-state index is 12.0. The second-order valence-corrected chi connectivity index (χ2v) is 7.32. The molecule has 0 saturated heterocycles. The van der Waals surface area contributed by atoms with Crippen molar-refractivity contribution in [1.82, 2.24) is 19.9 Å². The minimum absolute atomic E-state index is 0.226. The second kappa shape index (κ2) is 8.39. The van der Waals surface area contributed by atoms with Crippen LogP contribution in [0.3, 0.4) is 0 Å². The summed E-state index contributed by atoms with van der Waals surface area (Å²) >= 11 is 3.44. The van der Waals surface area contributed by atoms with Crippen LogP contribution in [0.2, 0.25) is 0 Å². The van der Waals surface area contributed by atoms with Gasteiger partial charge in [-0.05, 0) is 24.1 Å². The third-order valence-corrected chi connectivity index (χ3v) is 4.35. The Morgan fingerprint density at radius 1 is 1.22 bits per heavy atom. The fourth-order valence-electron chi connectivity index (χ4n) is 2.52. The number of hydrogen-bond donors (Lipinski definition) is 1. The molecule has 0 atom stereocenters. The standard InChI is InChI=1S/C19H21BrN4O3/c1-12(2)11-27-19(25)21-10-15-18(13-4-6-14(20)7-5-13)22-16-8-9-17(26-3)23-24(15)16/h4-9,12H,10-11H2,1-3H3,(H,21,25). The van der Waals surface area contributed by atoms with Crippen LogP contribution >= 0.6 is 15.9 Å². The summed E-state index contributed by atoms with van der Waals surface area (Å²) in [7, 11) is 1.56. The van der Waals surface area contributed by atoms with E-state index in [1.54, 1.807) is 17.7 Å². The van der Waals surface area contributed by atoms with Crippen molar-refractivity contribution in [2.45, 2.75) is 20.4 Å². The largest absolute Gasteiger partial charge is 0.480 e. The summed E-state index contributed by atoms with van der Waals surface area (Å²) in [6, 6.07) is 11.4. The number of alkyl carbamates (subject to hydrolysis) is 1. The van der Waals surface area contributed by atoms with Gasteiger partial charge in [0.2, 0.25) is 5.88 Å². The maximum absolute atomic E-state index is 12.0. The summed E-state index contributed by atoms with van der Waals surface area (Å²) in [5.41, 5.74) is 3.08. The van der Waals surface area contributed by atoms with Gasteiger partial charge in [-0.25, -0.2) is 14.3 Å². The van der Waals surface area contributed by atoms with E-state index in [0.717, 1.165) is 21.4 Å². The zero-order chi connectivity index (χ0) is 19.4. The topological polar surface area (TPSA) is 77.8 Å². The molecule has 3 rings (SSSR count). The molecule has 142 valence electrons. The van der Waals surface area contributed by atoms with E-state index in [1.165, 1.54) is 0 Å². The Morgan fingerprint density at radius 2 is 1.96 bits per heavy atom. The first-order chi connectivity index (χ1) is 13.0. The van der Waals surface area contributed by atoms with Gasteiger partial charge >= 0.3 is 6.09 Å². The molecule has 0 aliphatic rings. The lowest BCUT2D eigenvalue weighted by Gasteiger charge is -2.10. The Hall–Kier alpha value is -2.61. The minimum Gasteiger partial charge on any atom is -0.480 e. The SMILES string of the molecule is COc1ccc2nc(-c3ccc(Br)cc3)c(CNC(=O)OCC(C)C)n2n1. The fourth-order valence-corrected chi connectivity index (χ4v) is 2.78. The molecule has 2 aromatic heterocycles. The predicted octanol–water partition coefficient (Wildman–Crippen LogP) is 4.05. The highest BCUT2D eigenvalue weighted by Crippen LogP contribution is 2.26. The Morgan fingerprint density at radius 3 is 2.63 bits per heavy atom. The van der Waals surface area contributed by atoms with Gasteiger partial charge in [0, 0.05) is 16.1 Å². The van der Waals surface area contributed by atoms with Gasteiger partial charge in [-0.3, -0.25) is 0 Å². The molecule has 0 spiro atoms. The maximum Gasteiger partial charge on any atom is 0.407 e. The molecule has 1 aromatic carbocycles. The molecule has 0 aliphatic carbocycles. The first kappa shape index (κ1) is 19.2. The number of benzene rings is 1. The number of hydrogen-bond acceptors (Lipinski definition) is 5. The van der Waals surface area contributed by atoms with Crippen molar-refractivity contribution >= 4 is 27.7 Å². The van der Waals surface area contributed by atoms with E-state index in [-0.39, 0.29) is 12.5 Å². The van der Waals surface area contributed by atoms with E-state index < -0.39 is 6.09 Å². The molecule has 0 fully saturated rings. The van der Waals surface area contributed by atoms with Crippen LogP contribution in [0.15, 0.2) is 40.9 Å². The Balaban J connectivity index is 1.95. The lowest BCUT2D eigenvalue weighted by atomic mass is 10.1. The van der Waals surface area contributed by atoms with E-state index in [2.05, 4.69) is 31.3 Å². The monoisotopic (exact) mass is 432 g/mol. The average Bonchev–Trinajstić information content (AvgIpc) is 3.02. The fraction of sp³-hybridized carbons (Fsp3) is 0.316. The van der Waals surface area contributed by atoms with Crippen molar-refractivity contribution in [2.75, 3.05) is 13.7 Å². The van der Waals surface area contributed by atoms with Crippen LogP contribution in [-0.4, -0.2) is 34.4 Å². The zero-order valence-electron chi connectivity index (χ0n) is 15.4. The molecule has 3 aromatic rings. The lowest BCUT2D eigenvalue weighted by Crippen LogP contribution is -2.26. The molecule has 27 heavy (non-hydrogen) atoms. The van der Waals surface area contributed by atoms with Crippen molar-refractivity contribution in [3.63, 3.8) is 0 Å². The highest BCUT2D eigenvalue weighted by Gasteiger charge is 2.17. The second-order valence-electron chi connectivity index (χ2n) is 6.41. The molecular formula is C19H21BrN4O3. The van der Waals surface area contributed by atoms with E-state index in [9.17, 15) is 4.79 Å². The van der Waals surface area contributed by atoms with Crippen LogP contribution in [0.4, 0.5) is 4.79 Å². The smallest absolute Gasteiger partial charge is 0.407 e. The van der Waals surface area contributed by atoms with E-state index in [4.69, 9.17) is 9.47 Å². The molecule has 0 bridgehead atoms. The van der Waals surface area contributed by atoms with Gasteiger partial charge in [0.25, 0.3) is 0 Å². The first-order valence-corrected chi connectivity index (χ1v) is 9.36. The summed E-state index contributed by atoms with van der Waals surface area (Å²) < 4.78 is 13.1.